The summed E-state index contributed by atoms with van der Waals surface area (Å²) >= 11 is 5.92. The first kappa shape index (κ1) is 13.8. The first-order valence-corrected chi connectivity index (χ1v) is 7.64. The van der Waals surface area contributed by atoms with E-state index in [-0.39, 0.29) is 5.60 Å². The van der Waals surface area contributed by atoms with Crippen molar-refractivity contribution in [1.29, 1.82) is 0 Å². The Bertz CT molecular complexity index is 613. The number of pyridine rings is 1. The number of fused-ring (bicyclic) bond motifs is 1. The van der Waals surface area contributed by atoms with E-state index in [4.69, 9.17) is 21.3 Å². The van der Waals surface area contributed by atoms with E-state index >= 15 is 0 Å². The molecule has 0 bridgehead atoms. The van der Waals surface area contributed by atoms with E-state index in [9.17, 15) is 0 Å². The van der Waals surface area contributed by atoms with Gasteiger partial charge in [-0.15, -0.1) is 11.6 Å². The summed E-state index contributed by atoms with van der Waals surface area (Å²) in [7, 11) is 1.80. The van der Waals surface area contributed by atoms with Gasteiger partial charge in [0.15, 0.2) is 5.65 Å². The second kappa shape index (κ2) is 5.34. The fraction of sp³-hybridized carbons (Fsp3) is 0.600. The number of alkyl halides is 1. The molecule has 1 saturated carbocycles. The molecule has 0 atom stereocenters. The van der Waals surface area contributed by atoms with Gasteiger partial charge in [-0.2, -0.15) is 0 Å². The third-order valence-electron chi connectivity index (χ3n) is 4.38. The zero-order valence-electron chi connectivity index (χ0n) is 12.0. The van der Waals surface area contributed by atoms with Crippen molar-refractivity contribution in [3.63, 3.8) is 0 Å². The van der Waals surface area contributed by atoms with Crippen LogP contribution in [0.25, 0.3) is 11.2 Å². The Hall–Kier alpha value is -1.13. The number of aryl methyl sites for hydroxylation is 2. The van der Waals surface area contributed by atoms with Crippen LogP contribution in [0, 0.1) is 6.92 Å². The van der Waals surface area contributed by atoms with Crippen LogP contribution >= 0.6 is 11.6 Å². The largest absolute Gasteiger partial charge is 0.376 e. The van der Waals surface area contributed by atoms with Gasteiger partial charge in [0, 0.05) is 25.6 Å². The second-order valence-electron chi connectivity index (χ2n) is 5.59. The van der Waals surface area contributed by atoms with Crippen molar-refractivity contribution in [3.8, 4) is 0 Å². The fourth-order valence-electron chi connectivity index (χ4n) is 2.91. The Kier molecular flexibility index (Phi) is 3.69. The molecule has 0 amide bonds. The van der Waals surface area contributed by atoms with Gasteiger partial charge in [-0.3, -0.25) is 0 Å². The summed E-state index contributed by atoms with van der Waals surface area (Å²) in [5.74, 6) is 1.59. The molecule has 2 aromatic rings. The molecule has 4 nitrogen and oxygen atoms in total. The lowest BCUT2D eigenvalue weighted by Gasteiger charge is -2.41. The van der Waals surface area contributed by atoms with Crippen LogP contribution in [-0.4, -0.2) is 33.1 Å². The normalized spacial score (nSPS) is 17.4. The van der Waals surface area contributed by atoms with E-state index in [0.29, 0.717) is 5.88 Å². The maximum absolute atomic E-state index is 5.92. The monoisotopic (exact) mass is 293 g/mol. The molecule has 20 heavy (non-hydrogen) atoms. The smallest absolute Gasteiger partial charge is 0.160 e. The third-order valence-corrected chi connectivity index (χ3v) is 4.57. The molecular weight excluding hydrogens is 274 g/mol. The lowest BCUT2D eigenvalue weighted by molar-refractivity contribution is -0.0833. The Morgan fingerprint density at radius 1 is 1.45 bits per heavy atom. The number of aromatic nitrogens is 3. The molecular formula is C15H20ClN3O. The standard InChI is InChI=1S/C15H20ClN3O/c1-11-5-9-17-14-13(11)18-12(4-8-16)19(14)10-15(20-2)6-3-7-15/h5,9H,3-4,6-8,10H2,1-2H3. The van der Waals surface area contributed by atoms with Crippen LogP contribution in [0.4, 0.5) is 0 Å². The molecule has 5 heteroatoms. The minimum atomic E-state index is -0.0415. The van der Waals surface area contributed by atoms with Gasteiger partial charge in [-0.1, -0.05) is 0 Å². The van der Waals surface area contributed by atoms with E-state index in [1.165, 1.54) is 6.42 Å². The summed E-state index contributed by atoms with van der Waals surface area (Å²) in [5, 5.41) is 0. The lowest BCUT2D eigenvalue weighted by atomic mass is 9.80. The van der Waals surface area contributed by atoms with Gasteiger partial charge in [0.1, 0.15) is 11.3 Å². The zero-order valence-corrected chi connectivity index (χ0v) is 12.8. The summed E-state index contributed by atoms with van der Waals surface area (Å²) in [4.78, 5) is 9.26. The molecule has 3 rings (SSSR count). The van der Waals surface area contributed by atoms with Crippen molar-refractivity contribution in [2.45, 2.75) is 44.8 Å². The van der Waals surface area contributed by atoms with Crippen LogP contribution in [0.2, 0.25) is 0 Å². The maximum Gasteiger partial charge on any atom is 0.160 e. The lowest BCUT2D eigenvalue weighted by Crippen LogP contribution is -2.43. The van der Waals surface area contributed by atoms with Crippen LogP contribution < -0.4 is 0 Å². The Morgan fingerprint density at radius 3 is 2.85 bits per heavy atom. The van der Waals surface area contributed by atoms with Gasteiger partial charge in [-0.25, -0.2) is 9.97 Å². The summed E-state index contributed by atoms with van der Waals surface area (Å²) in [6.07, 6.45) is 6.06. The minimum absolute atomic E-state index is 0.0415. The summed E-state index contributed by atoms with van der Waals surface area (Å²) < 4.78 is 7.95. The molecule has 0 aliphatic heterocycles. The van der Waals surface area contributed by atoms with Crippen molar-refractivity contribution in [3.05, 3.63) is 23.7 Å². The second-order valence-corrected chi connectivity index (χ2v) is 5.97. The van der Waals surface area contributed by atoms with Crippen molar-refractivity contribution in [2.24, 2.45) is 0 Å². The average Bonchev–Trinajstić information content (AvgIpc) is 2.74. The molecule has 2 heterocycles. The summed E-state index contributed by atoms with van der Waals surface area (Å²) in [5.41, 5.74) is 3.05. The van der Waals surface area contributed by atoms with Crippen LogP contribution in [-0.2, 0) is 17.7 Å². The van der Waals surface area contributed by atoms with Gasteiger partial charge in [-0.05, 0) is 37.8 Å². The Labute approximate surface area is 124 Å². The highest BCUT2D eigenvalue weighted by atomic mass is 35.5. The van der Waals surface area contributed by atoms with E-state index in [1.807, 2.05) is 12.3 Å². The highest BCUT2D eigenvalue weighted by Gasteiger charge is 2.38. The van der Waals surface area contributed by atoms with Crippen molar-refractivity contribution in [2.75, 3.05) is 13.0 Å². The molecule has 2 aromatic heterocycles. The number of hydrogen-bond acceptors (Lipinski definition) is 3. The summed E-state index contributed by atoms with van der Waals surface area (Å²) in [6, 6.07) is 2.00. The molecule has 108 valence electrons. The number of ether oxygens (including phenoxy) is 1. The predicted octanol–water partition coefficient (Wildman–Crippen LogP) is 3.09. The van der Waals surface area contributed by atoms with Crippen LogP contribution in [0.5, 0.6) is 0 Å². The first-order valence-electron chi connectivity index (χ1n) is 7.11. The number of methoxy groups -OCH3 is 1. The molecule has 0 unspecified atom stereocenters. The molecule has 1 fully saturated rings. The fourth-order valence-corrected chi connectivity index (χ4v) is 3.08. The van der Waals surface area contributed by atoms with E-state index in [1.54, 1.807) is 7.11 Å². The number of nitrogens with zero attached hydrogens (tertiary/aromatic N) is 3. The topological polar surface area (TPSA) is 39.9 Å². The zero-order chi connectivity index (χ0) is 14.2. The Morgan fingerprint density at radius 2 is 2.25 bits per heavy atom. The van der Waals surface area contributed by atoms with Crippen LogP contribution in [0.1, 0.15) is 30.7 Å². The predicted molar refractivity (Wildman–Crippen MR) is 80.3 cm³/mol. The van der Waals surface area contributed by atoms with E-state index in [2.05, 4.69) is 16.5 Å². The van der Waals surface area contributed by atoms with Crippen molar-refractivity contribution in [1.82, 2.24) is 14.5 Å². The maximum atomic E-state index is 5.92. The van der Waals surface area contributed by atoms with Gasteiger partial charge in [0.25, 0.3) is 0 Å². The number of rotatable bonds is 5. The van der Waals surface area contributed by atoms with Gasteiger partial charge >= 0.3 is 0 Å². The summed E-state index contributed by atoms with van der Waals surface area (Å²) in [6.45, 7) is 2.89. The minimum Gasteiger partial charge on any atom is -0.376 e. The number of imidazole rings is 1. The molecule has 1 aliphatic rings. The van der Waals surface area contributed by atoms with Gasteiger partial charge in [0.2, 0.25) is 0 Å². The van der Waals surface area contributed by atoms with E-state index < -0.39 is 0 Å². The van der Waals surface area contributed by atoms with E-state index in [0.717, 1.165) is 48.4 Å². The van der Waals surface area contributed by atoms with Crippen molar-refractivity contribution < 1.29 is 4.74 Å². The molecule has 0 N–H and O–H groups in total. The Balaban J connectivity index is 2.07. The number of halogens is 1. The third kappa shape index (κ3) is 2.21. The van der Waals surface area contributed by atoms with Gasteiger partial charge < -0.3 is 9.30 Å². The highest BCUT2D eigenvalue weighted by Crippen LogP contribution is 2.37. The molecule has 1 aliphatic carbocycles. The van der Waals surface area contributed by atoms with Crippen LogP contribution in [0.3, 0.4) is 0 Å². The quantitative estimate of drug-likeness (QED) is 0.795. The molecule has 0 saturated heterocycles. The van der Waals surface area contributed by atoms with Gasteiger partial charge in [0.05, 0.1) is 12.1 Å². The molecule has 0 aromatic carbocycles. The number of hydrogen-bond donors (Lipinski definition) is 0. The first-order chi connectivity index (χ1) is 9.69. The van der Waals surface area contributed by atoms with Crippen molar-refractivity contribution >= 4 is 22.8 Å². The molecule has 0 radical (unpaired) electrons. The highest BCUT2D eigenvalue weighted by molar-refractivity contribution is 6.17. The van der Waals surface area contributed by atoms with Crippen LogP contribution in [0.15, 0.2) is 12.3 Å². The SMILES string of the molecule is COC1(Cn2c(CCCl)nc3c(C)ccnc32)CCC1. The average molecular weight is 294 g/mol. The molecule has 0 spiro atoms.